The van der Waals surface area contributed by atoms with Crippen LogP contribution in [-0.4, -0.2) is 21.1 Å². The number of Topliss-reactive ketones (excluding diaryl/α,β-unsaturated/α-hetero) is 2. The van der Waals surface area contributed by atoms with E-state index in [9.17, 15) is 14.4 Å². The van der Waals surface area contributed by atoms with Gasteiger partial charge >= 0.3 is 0 Å². The third-order valence-corrected chi connectivity index (χ3v) is 3.90. The van der Waals surface area contributed by atoms with Gasteiger partial charge in [-0.05, 0) is 25.4 Å². The predicted molar refractivity (Wildman–Crippen MR) is 84.3 cm³/mol. The minimum absolute atomic E-state index is 0.0114. The highest BCUT2D eigenvalue weighted by Gasteiger charge is 2.30. The summed E-state index contributed by atoms with van der Waals surface area (Å²) in [6, 6.07) is 1.50. The number of carbonyl (C=O) groups is 2. The molecule has 1 aromatic heterocycles. The number of fused-ring (bicyclic) bond motifs is 1. The Morgan fingerprint density at radius 1 is 1.43 bits per heavy atom. The number of anilines is 1. The summed E-state index contributed by atoms with van der Waals surface area (Å²) in [5.74, 6) is -1.32. The molecule has 1 atom stereocenters. The van der Waals surface area contributed by atoms with Gasteiger partial charge < -0.3 is 5.73 Å². The summed E-state index contributed by atoms with van der Waals surface area (Å²) in [5, 5.41) is -0.0462. The molecule has 2 aromatic rings. The van der Waals surface area contributed by atoms with Gasteiger partial charge in [0.1, 0.15) is 11.6 Å². The molecule has 7 heteroatoms. The number of nitrogens with zero attached hydrogens (tertiary/aromatic N) is 3. The number of ketones is 2. The maximum Gasteiger partial charge on any atom is 0.264 e. The van der Waals surface area contributed by atoms with Gasteiger partial charge in [-0.1, -0.05) is 0 Å². The summed E-state index contributed by atoms with van der Waals surface area (Å²) < 4.78 is 24.0. The Kier molecular flexibility index (Phi) is 2.67. The molecule has 0 spiro atoms. The van der Waals surface area contributed by atoms with Crippen LogP contribution in [0.2, 0.25) is 0 Å². The van der Waals surface area contributed by atoms with Crippen LogP contribution in [0.4, 0.5) is 11.4 Å². The molecule has 0 amide bonds. The first-order chi connectivity index (χ1) is 12.1. The summed E-state index contributed by atoms with van der Waals surface area (Å²) in [5.41, 5.74) is 5.20. The maximum atomic E-state index is 13.0. The van der Waals surface area contributed by atoms with Crippen molar-refractivity contribution in [1.29, 1.82) is 0 Å². The highest BCUT2D eigenvalue weighted by Crippen LogP contribution is 2.27. The minimum Gasteiger partial charge on any atom is -0.399 e. The molecule has 1 heterocycles. The molecule has 116 valence electrons. The average molecular weight is 313 g/mol. The molecule has 0 saturated heterocycles. The van der Waals surface area contributed by atoms with Gasteiger partial charge in [-0.2, -0.15) is 0 Å². The fraction of sp³-hybridized carbons (Fsp3) is 0.312. The number of benzene rings is 1. The van der Waals surface area contributed by atoms with Crippen molar-refractivity contribution in [2.45, 2.75) is 32.2 Å². The molecule has 1 aliphatic rings. The fourth-order valence-electron chi connectivity index (χ4n) is 2.83. The van der Waals surface area contributed by atoms with Crippen LogP contribution in [0, 0.1) is 13.4 Å². The predicted octanol–water partition coefficient (Wildman–Crippen LogP) is 1.70. The van der Waals surface area contributed by atoms with Crippen molar-refractivity contribution >= 4 is 33.8 Å². The molecule has 3 rings (SSSR count). The van der Waals surface area contributed by atoms with Gasteiger partial charge in [-0.15, -0.1) is 0 Å². The van der Waals surface area contributed by atoms with Gasteiger partial charge in [0.15, 0.2) is 11.5 Å². The van der Waals surface area contributed by atoms with Crippen LogP contribution in [0.25, 0.3) is 15.7 Å². The second kappa shape index (κ2) is 5.32. The number of nitrogens with two attached hydrogens (primary N) is 1. The first-order valence-electron chi connectivity index (χ1n) is 8.41. The van der Waals surface area contributed by atoms with E-state index in [0.717, 1.165) is 4.57 Å². The second-order valence-electron chi connectivity index (χ2n) is 5.39. The van der Waals surface area contributed by atoms with E-state index in [-0.39, 0.29) is 47.3 Å². The SMILES string of the molecule is [2H]C([2H])([2H])c1nc2cc([N+]#[C-])cc(N)c2c(=O)n1C1CCC(=O)CC1=O. The number of nitrogen functional groups attached to an aromatic ring is 1. The standard InChI is InChI=1S/C16H14N4O3/c1-8-19-12-6-9(18-2)5-11(17)15(12)16(23)20(8)13-4-3-10(21)7-14(13)22/h5-6,13H,3-4,7,17H2,1H3/i1D3. The zero-order chi connectivity index (χ0) is 19.2. The molecule has 1 fully saturated rings. The molecular weight excluding hydrogens is 296 g/mol. The molecule has 0 radical (unpaired) electrons. The zero-order valence-corrected chi connectivity index (χ0v) is 12.0. The second-order valence-corrected chi connectivity index (χ2v) is 5.39. The van der Waals surface area contributed by atoms with Gasteiger partial charge in [0.05, 0.1) is 29.9 Å². The lowest BCUT2D eigenvalue weighted by atomic mass is 9.92. The van der Waals surface area contributed by atoms with Crippen molar-refractivity contribution < 1.29 is 13.7 Å². The van der Waals surface area contributed by atoms with Crippen LogP contribution in [0.15, 0.2) is 16.9 Å². The lowest BCUT2D eigenvalue weighted by molar-refractivity contribution is -0.132. The Balaban J connectivity index is 2.38. The number of aromatic nitrogens is 2. The molecule has 7 nitrogen and oxygen atoms in total. The van der Waals surface area contributed by atoms with Gasteiger partial charge in [-0.3, -0.25) is 19.0 Å². The molecule has 1 unspecified atom stereocenters. The number of hydrogen-bond acceptors (Lipinski definition) is 5. The summed E-state index contributed by atoms with van der Waals surface area (Å²) in [7, 11) is 0. The smallest absolute Gasteiger partial charge is 0.264 e. The number of hydrogen-bond donors (Lipinski definition) is 1. The molecule has 0 bridgehead atoms. The number of carbonyl (C=O) groups excluding carboxylic acids is 2. The Hall–Kier alpha value is -3.01. The van der Waals surface area contributed by atoms with E-state index in [1.165, 1.54) is 12.1 Å². The van der Waals surface area contributed by atoms with Gasteiger partial charge in [0, 0.05) is 16.2 Å². The van der Waals surface area contributed by atoms with Gasteiger partial charge in [-0.25, -0.2) is 9.83 Å². The monoisotopic (exact) mass is 313 g/mol. The largest absolute Gasteiger partial charge is 0.399 e. The van der Waals surface area contributed by atoms with Gasteiger partial charge in [0.2, 0.25) is 0 Å². The third-order valence-electron chi connectivity index (χ3n) is 3.90. The molecule has 23 heavy (non-hydrogen) atoms. The fourth-order valence-corrected chi connectivity index (χ4v) is 2.83. The van der Waals surface area contributed by atoms with Crippen molar-refractivity contribution in [1.82, 2.24) is 9.55 Å². The highest BCUT2D eigenvalue weighted by atomic mass is 16.2. The van der Waals surface area contributed by atoms with Crippen LogP contribution < -0.4 is 11.3 Å². The van der Waals surface area contributed by atoms with E-state index < -0.39 is 30.1 Å². The van der Waals surface area contributed by atoms with Crippen LogP contribution in [-0.2, 0) is 9.59 Å². The van der Waals surface area contributed by atoms with E-state index in [2.05, 4.69) is 9.83 Å². The van der Waals surface area contributed by atoms with Crippen molar-refractivity contribution in [3.63, 3.8) is 0 Å². The van der Waals surface area contributed by atoms with Crippen molar-refractivity contribution in [2.75, 3.05) is 5.73 Å². The van der Waals surface area contributed by atoms with E-state index in [1.807, 2.05) is 0 Å². The Morgan fingerprint density at radius 2 is 2.22 bits per heavy atom. The quantitative estimate of drug-likeness (QED) is 0.491. The summed E-state index contributed by atoms with van der Waals surface area (Å²) in [6.45, 7) is 4.30. The first-order valence-corrected chi connectivity index (χ1v) is 6.91. The lowest BCUT2D eigenvalue weighted by Gasteiger charge is -2.24. The van der Waals surface area contributed by atoms with E-state index in [1.54, 1.807) is 0 Å². The Bertz CT molecular complexity index is 1050. The molecule has 1 aliphatic carbocycles. The van der Waals surface area contributed by atoms with Crippen LogP contribution >= 0.6 is 0 Å². The number of rotatable bonds is 1. The molecule has 2 N–H and O–H groups in total. The molecular formula is C16H14N4O3. The summed E-state index contributed by atoms with van der Waals surface area (Å²) in [6.07, 6.45) is -0.233. The van der Waals surface area contributed by atoms with E-state index in [0.29, 0.717) is 0 Å². The summed E-state index contributed by atoms with van der Waals surface area (Å²) in [4.78, 5) is 44.1. The van der Waals surface area contributed by atoms with E-state index >= 15 is 0 Å². The molecule has 0 aliphatic heterocycles. The molecule has 1 saturated carbocycles. The van der Waals surface area contributed by atoms with Crippen molar-refractivity contribution in [2.24, 2.45) is 0 Å². The topological polar surface area (TPSA) is 99.4 Å². The number of aryl methyl sites for hydroxylation is 1. The average Bonchev–Trinajstić information content (AvgIpc) is 2.54. The van der Waals surface area contributed by atoms with Crippen molar-refractivity contribution in [3.8, 4) is 0 Å². The summed E-state index contributed by atoms with van der Waals surface area (Å²) >= 11 is 0. The third kappa shape index (κ3) is 2.38. The highest BCUT2D eigenvalue weighted by molar-refractivity contribution is 6.03. The van der Waals surface area contributed by atoms with Gasteiger partial charge in [0.25, 0.3) is 5.56 Å². The first kappa shape index (κ1) is 11.5. The minimum atomic E-state index is -2.77. The lowest BCUT2D eigenvalue weighted by Crippen LogP contribution is -2.36. The van der Waals surface area contributed by atoms with Crippen LogP contribution in [0.3, 0.4) is 0 Å². The Labute approximate surface area is 135 Å². The molecule has 1 aromatic carbocycles. The zero-order valence-electron chi connectivity index (χ0n) is 15.0. The van der Waals surface area contributed by atoms with Crippen molar-refractivity contribution in [3.05, 3.63) is 39.7 Å². The normalized spacial score (nSPS) is 20.7. The van der Waals surface area contributed by atoms with E-state index in [4.69, 9.17) is 16.4 Å². The van der Waals surface area contributed by atoms with Crippen LogP contribution in [0.1, 0.15) is 35.2 Å². The van der Waals surface area contributed by atoms with Crippen LogP contribution in [0.5, 0.6) is 0 Å². The Morgan fingerprint density at radius 3 is 2.87 bits per heavy atom. The maximum absolute atomic E-state index is 13.0.